The van der Waals surface area contributed by atoms with E-state index in [2.05, 4.69) is 15.4 Å². The van der Waals surface area contributed by atoms with Crippen LogP contribution in [0.15, 0.2) is 0 Å². The molecule has 0 saturated heterocycles. The van der Waals surface area contributed by atoms with E-state index in [0.717, 1.165) is 11.8 Å². The second kappa shape index (κ2) is 3.36. The highest BCUT2D eigenvalue weighted by atomic mass is 15.4. The molecule has 0 amide bonds. The third kappa shape index (κ3) is 1.53. The van der Waals surface area contributed by atoms with Gasteiger partial charge in [-0.3, -0.25) is 4.68 Å². The molecule has 1 aliphatic carbocycles. The van der Waals surface area contributed by atoms with Gasteiger partial charge in [0.25, 0.3) is 0 Å². The molecule has 1 aliphatic rings. The minimum Gasteiger partial charge on any atom is -0.356 e. The van der Waals surface area contributed by atoms with Crippen molar-refractivity contribution >= 4 is 5.95 Å². The summed E-state index contributed by atoms with van der Waals surface area (Å²) < 4.78 is 1.90. The van der Waals surface area contributed by atoms with Gasteiger partial charge in [0.05, 0.1) is 0 Å². The molecule has 0 spiro atoms. The maximum atomic E-state index is 4.45. The molecule has 2 rings (SSSR count). The molecule has 13 heavy (non-hydrogen) atoms. The minimum atomic E-state index is 0.639. The Balaban J connectivity index is 2.22. The molecule has 0 aliphatic heterocycles. The summed E-state index contributed by atoms with van der Waals surface area (Å²) in [5.74, 6) is 2.52. The molecule has 0 atom stereocenters. The van der Waals surface area contributed by atoms with Gasteiger partial charge in [0.2, 0.25) is 5.95 Å². The van der Waals surface area contributed by atoms with Crippen LogP contribution in [0.5, 0.6) is 0 Å². The van der Waals surface area contributed by atoms with Gasteiger partial charge in [0.15, 0.2) is 0 Å². The Morgan fingerprint density at radius 1 is 1.38 bits per heavy atom. The fraction of sp³-hybridized carbons (Fsp3) is 0.778. The molecular formula is C9H16N4. The van der Waals surface area contributed by atoms with Crippen molar-refractivity contribution in [3.05, 3.63) is 5.82 Å². The van der Waals surface area contributed by atoms with Crippen molar-refractivity contribution in [2.75, 3.05) is 12.4 Å². The van der Waals surface area contributed by atoms with Crippen molar-refractivity contribution in [3.63, 3.8) is 0 Å². The highest BCUT2D eigenvalue weighted by molar-refractivity contribution is 5.22. The van der Waals surface area contributed by atoms with E-state index in [-0.39, 0.29) is 0 Å². The maximum Gasteiger partial charge on any atom is 0.242 e. The van der Waals surface area contributed by atoms with Gasteiger partial charge in [-0.2, -0.15) is 4.98 Å². The lowest BCUT2D eigenvalue weighted by Crippen LogP contribution is -2.03. The summed E-state index contributed by atoms with van der Waals surface area (Å²) in [6, 6.07) is 0. The van der Waals surface area contributed by atoms with Crippen LogP contribution in [-0.4, -0.2) is 21.8 Å². The van der Waals surface area contributed by atoms with E-state index in [1.807, 2.05) is 18.8 Å². The Bertz CT molecular complexity index is 286. The van der Waals surface area contributed by atoms with Crippen LogP contribution >= 0.6 is 0 Å². The largest absolute Gasteiger partial charge is 0.356 e. The van der Waals surface area contributed by atoms with Crippen molar-refractivity contribution in [3.8, 4) is 0 Å². The van der Waals surface area contributed by atoms with Gasteiger partial charge in [0, 0.05) is 20.0 Å². The first-order valence-electron chi connectivity index (χ1n) is 4.90. The summed E-state index contributed by atoms with van der Waals surface area (Å²) in [5.41, 5.74) is 0. The summed E-state index contributed by atoms with van der Waals surface area (Å²) in [4.78, 5) is 4.45. The first-order chi connectivity index (χ1) is 6.31. The summed E-state index contributed by atoms with van der Waals surface area (Å²) >= 11 is 0. The lowest BCUT2D eigenvalue weighted by molar-refractivity contribution is 0.601. The van der Waals surface area contributed by atoms with Crippen LogP contribution in [0, 0.1) is 0 Å². The predicted molar refractivity (Wildman–Crippen MR) is 51.8 cm³/mol. The zero-order chi connectivity index (χ0) is 9.26. The van der Waals surface area contributed by atoms with Gasteiger partial charge in [-0.05, 0) is 12.8 Å². The number of nitrogens with zero attached hydrogens (tertiary/aromatic N) is 3. The van der Waals surface area contributed by atoms with Crippen molar-refractivity contribution < 1.29 is 0 Å². The average molecular weight is 180 g/mol. The summed E-state index contributed by atoms with van der Waals surface area (Å²) in [6.45, 7) is 0. The molecule has 0 aromatic carbocycles. The molecule has 72 valence electrons. The normalized spacial score (nSPS) is 18.0. The fourth-order valence-electron chi connectivity index (χ4n) is 2.04. The number of hydrogen-bond acceptors (Lipinski definition) is 3. The average Bonchev–Trinajstić information content (AvgIpc) is 2.72. The molecule has 1 saturated carbocycles. The van der Waals surface area contributed by atoms with Gasteiger partial charge in [-0.25, -0.2) is 0 Å². The molecule has 0 bridgehead atoms. The van der Waals surface area contributed by atoms with E-state index >= 15 is 0 Å². The molecule has 1 fully saturated rings. The Morgan fingerprint density at radius 2 is 2.08 bits per heavy atom. The number of nitrogens with one attached hydrogen (secondary N) is 1. The summed E-state index contributed by atoms with van der Waals surface area (Å²) in [5, 5.41) is 7.24. The smallest absolute Gasteiger partial charge is 0.242 e. The van der Waals surface area contributed by atoms with Gasteiger partial charge < -0.3 is 5.32 Å². The van der Waals surface area contributed by atoms with Gasteiger partial charge >= 0.3 is 0 Å². The molecule has 4 heteroatoms. The summed E-state index contributed by atoms with van der Waals surface area (Å²) in [6.07, 6.45) is 5.23. The SMILES string of the molecule is CNc1nc(C2CCCC2)n(C)n1. The second-order valence-corrected chi connectivity index (χ2v) is 3.65. The van der Waals surface area contributed by atoms with Crippen LogP contribution in [0.2, 0.25) is 0 Å². The maximum absolute atomic E-state index is 4.45. The topological polar surface area (TPSA) is 42.7 Å². The van der Waals surface area contributed by atoms with Gasteiger partial charge in [-0.15, -0.1) is 5.10 Å². The van der Waals surface area contributed by atoms with E-state index < -0.39 is 0 Å². The molecule has 0 unspecified atom stereocenters. The number of aromatic nitrogens is 3. The third-order valence-corrected chi connectivity index (χ3v) is 2.74. The van der Waals surface area contributed by atoms with Crippen molar-refractivity contribution in [2.45, 2.75) is 31.6 Å². The highest BCUT2D eigenvalue weighted by Crippen LogP contribution is 2.32. The Hall–Kier alpha value is -1.06. The molecule has 1 heterocycles. The van der Waals surface area contributed by atoms with Gasteiger partial charge in [-0.1, -0.05) is 12.8 Å². The molecule has 1 N–H and O–H groups in total. The van der Waals surface area contributed by atoms with E-state index in [1.54, 1.807) is 0 Å². The quantitative estimate of drug-likeness (QED) is 0.750. The monoisotopic (exact) mass is 180 g/mol. The van der Waals surface area contributed by atoms with E-state index in [0.29, 0.717) is 5.92 Å². The van der Waals surface area contributed by atoms with Crippen LogP contribution in [0.1, 0.15) is 37.4 Å². The lowest BCUT2D eigenvalue weighted by atomic mass is 10.1. The van der Waals surface area contributed by atoms with Crippen LogP contribution in [-0.2, 0) is 7.05 Å². The molecular weight excluding hydrogens is 164 g/mol. The van der Waals surface area contributed by atoms with E-state index in [4.69, 9.17) is 0 Å². The second-order valence-electron chi connectivity index (χ2n) is 3.65. The Morgan fingerprint density at radius 3 is 2.62 bits per heavy atom. The molecule has 1 aromatic rings. The van der Waals surface area contributed by atoms with Gasteiger partial charge in [0.1, 0.15) is 5.82 Å². The van der Waals surface area contributed by atoms with E-state index in [1.165, 1.54) is 25.7 Å². The molecule has 0 radical (unpaired) electrons. The zero-order valence-electron chi connectivity index (χ0n) is 8.25. The highest BCUT2D eigenvalue weighted by Gasteiger charge is 2.22. The lowest BCUT2D eigenvalue weighted by Gasteiger charge is -2.05. The van der Waals surface area contributed by atoms with Crippen LogP contribution < -0.4 is 5.32 Å². The zero-order valence-corrected chi connectivity index (χ0v) is 8.25. The number of hydrogen-bond donors (Lipinski definition) is 1. The molecule has 4 nitrogen and oxygen atoms in total. The number of anilines is 1. The first-order valence-corrected chi connectivity index (χ1v) is 4.90. The first kappa shape index (κ1) is 8.53. The fourth-order valence-corrected chi connectivity index (χ4v) is 2.04. The Kier molecular flexibility index (Phi) is 2.20. The van der Waals surface area contributed by atoms with Crippen molar-refractivity contribution in [2.24, 2.45) is 7.05 Å². The van der Waals surface area contributed by atoms with Crippen molar-refractivity contribution in [1.82, 2.24) is 14.8 Å². The van der Waals surface area contributed by atoms with E-state index in [9.17, 15) is 0 Å². The van der Waals surface area contributed by atoms with Crippen LogP contribution in [0.4, 0.5) is 5.95 Å². The Labute approximate surface area is 78.4 Å². The minimum absolute atomic E-state index is 0.639. The number of aryl methyl sites for hydroxylation is 1. The van der Waals surface area contributed by atoms with Crippen LogP contribution in [0.3, 0.4) is 0 Å². The predicted octanol–water partition coefficient (Wildman–Crippen LogP) is 1.51. The standard InChI is InChI=1S/C9H16N4/c1-10-9-11-8(13(2)12-9)7-5-3-4-6-7/h7H,3-6H2,1-2H3,(H,10,12). The van der Waals surface area contributed by atoms with Crippen LogP contribution in [0.25, 0.3) is 0 Å². The molecule has 1 aromatic heterocycles. The third-order valence-electron chi connectivity index (χ3n) is 2.74. The van der Waals surface area contributed by atoms with Crippen molar-refractivity contribution in [1.29, 1.82) is 0 Å². The summed E-state index contributed by atoms with van der Waals surface area (Å²) in [7, 11) is 3.83. The number of rotatable bonds is 2.